The summed E-state index contributed by atoms with van der Waals surface area (Å²) in [7, 11) is 0. The first-order valence-corrected chi connectivity index (χ1v) is 8.93. The number of nitrogens with two attached hydrogens (primary N) is 1. The summed E-state index contributed by atoms with van der Waals surface area (Å²) in [5.74, 6) is 1.44. The van der Waals surface area contributed by atoms with Crippen molar-refractivity contribution < 1.29 is 19.1 Å². The number of rotatable bonds is 7. The van der Waals surface area contributed by atoms with E-state index in [9.17, 15) is 4.79 Å². The van der Waals surface area contributed by atoms with E-state index >= 15 is 0 Å². The first kappa shape index (κ1) is 22.3. The Morgan fingerprint density at radius 2 is 1.93 bits per heavy atom. The largest absolute Gasteiger partial charge is 0.492 e. The highest BCUT2D eigenvalue weighted by Gasteiger charge is 2.28. The fraction of sp³-hybridized carbons (Fsp3) is 0.476. The topological polar surface area (TPSA) is 99.3 Å². The normalized spacial score (nSPS) is 10.9. The summed E-state index contributed by atoms with van der Waals surface area (Å²) in [6.45, 7) is 10.4. The van der Waals surface area contributed by atoms with Gasteiger partial charge in [0.1, 0.15) is 18.1 Å². The molecule has 0 spiro atoms. The number of benzene rings is 1. The van der Waals surface area contributed by atoms with Crippen molar-refractivity contribution in [3.8, 4) is 5.75 Å². The van der Waals surface area contributed by atoms with Crippen LogP contribution < -0.4 is 10.5 Å². The Hall–Kier alpha value is -2.72. The molecule has 0 aliphatic rings. The van der Waals surface area contributed by atoms with E-state index in [2.05, 4.69) is 18.8 Å². The summed E-state index contributed by atoms with van der Waals surface area (Å²) in [6, 6.07) is 7.54. The van der Waals surface area contributed by atoms with Crippen LogP contribution in [0.5, 0.6) is 5.75 Å². The number of aryl methyl sites for hydroxylation is 1. The highest BCUT2D eigenvalue weighted by Crippen LogP contribution is 2.32. The van der Waals surface area contributed by atoms with Crippen LogP contribution in [0.2, 0.25) is 0 Å². The summed E-state index contributed by atoms with van der Waals surface area (Å²) >= 11 is 0. The number of hydrogen-bond donors (Lipinski definition) is 1. The van der Waals surface area contributed by atoms with Gasteiger partial charge in [0, 0.05) is 17.8 Å². The predicted molar refractivity (Wildman–Crippen MR) is 104 cm³/mol. The van der Waals surface area contributed by atoms with Crippen LogP contribution in [0, 0.1) is 18.3 Å². The van der Waals surface area contributed by atoms with E-state index in [0.29, 0.717) is 30.4 Å². The molecule has 0 amide bonds. The summed E-state index contributed by atoms with van der Waals surface area (Å²) < 4.78 is 5.99. The van der Waals surface area contributed by atoms with Gasteiger partial charge in [0.25, 0.3) is 0 Å². The van der Waals surface area contributed by atoms with E-state index in [1.165, 1.54) is 0 Å². The minimum atomic E-state index is -0.524. The molecule has 0 radical (unpaired) electrons. The molecule has 1 aromatic carbocycles. The predicted octanol–water partition coefficient (Wildman–Crippen LogP) is 3.95. The van der Waals surface area contributed by atoms with Crippen LogP contribution in [-0.2, 0) is 14.4 Å². The van der Waals surface area contributed by atoms with Crippen molar-refractivity contribution in [3.63, 3.8) is 0 Å². The SMILES string of the molecule is Cc1cc(N)c2c(OCC(C)(C)C(=O)CCC(C)C)cccc2n1.O=C=O. The van der Waals surface area contributed by atoms with Gasteiger partial charge in [-0.05, 0) is 51.3 Å². The van der Waals surface area contributed by atoms with Gasteiger partial charge in [-0.1, -0.05) is 19.9 Å². The van der Waals surface area contributed by atoms with Crippen molar-refractivity contribution >= 4 is 28.5 Å². The Morgan fingerprint density at radius 1 is 1.30 bits per heavy atom. The van der Waals surface area contributed by atoms with E-state index in [0.717, 1.165) is 23.0 Å². The Morgan fingerprint density at radius 3 is 2.52 bits per heavy atom. The molecule has 0 saturated heterocycles. The number of ketones is 1. The number of anilines is 1. The first-order valence-electron chi connectivity index (χ1n) is 8.93. The number of hydrogen-bond acceptors (Lipinski definition) is 6. The average Bonchev–Trinajstić information content (AvgIpc) is 2.58. The number of carbonyl (C=O) groups excluding carboxylic acids is 3. The number of carbonyl (C=O) groups is 1. The number of pyridine rings is 1. The Labute approximate surface area is 160 Å². The lowest BCUT2D eigenvalue weighted by molar-refractivity contribution is -0.191. The first-order chi connectivity index (χ1) is 12.6. The van der Waals surface area contributed by atoms with Crippen LogP contribution in [0.1, 0.15) is 46.2 Å². The second-order valence-electron chi connectivity index (χ2n) is 7.61. The van der Waals surface area contributed by atoms with Crippen molar-refractivity contribution in [1.29, 1.82) is 0 Å². The Balaban J connectivity index is 0.00000114. The molecule has 0 fully saturated rings. The van der Waals surface area contributed by atoms with Crippen molar-refractivity contribution in [2.75, 3.05) is 12.3 Å². The van der Waals surface area contributed by atoms with E-state index in [1.54, 1.807) is 0 Å². The quantitative estimate of drug-likeness (QED) is 0.790. The third kappa shape index (κ3) is 6.50. The number of ether oxygens (including phenoxy) is 1. The third-order valence-electron chi connectivity index (χ3n) is 4.25. The van der Waals surface area contributed by atoms with Gasteiger partial charge in [0.05, 0.1) is 16.3 Å². The van der Waals surface area contributed by atoms with Crippen molar-refractivity contribution in [1.82, 2.24) is 4.98 Å². The summed E-state index contributed by atoms with van der Waals surface area (Å²) in [5.41, 5.74) is 7.97. The number of nitrogen functional groups attached to an aromatic ring is 1. The second kappa shape index (κ2) is 9.83. The molecule has 0 bridgehead atoms. The molecule has 6 heteroatoms. The molecule has 1 heterocycles. The molecule has 1 aromatic heterocycles. The molecule has 2 N–H and O–H groups in total. The maximum Gasteiger partial charge on any atom is 0.373 e. The summed E-state index contributed by atoms with van der Waals surface area (Å²) in [4.78, 5) is 33.2. The standard InChI is InChI=1S/C20H28N2O2.CO2/c1-13(2)9-10-18(23)20(4,5)12-24-17-8-6-7-16-19(17)15(21)11-14(3)22-16;2-1-3/h6-8,11,13H,9-10,12H2,1-5H3,(H2,21,22);. The van der Waals surface area contributed by atoms with Crippen LogP contribution in [0.15, 0.2) is 24.3 Å². The Bertz CT molecular complexity index is 822. The van der Waals surface area contributed by atoms with Gasteiger partial charge in [0.2, 0.25) is 0 Å². The fourth-order valence-corrected chi connectivity index (χ4v) is 2.64. The van der Waals surface area contributed by atoms with Crippen molar-refractivity contribution in [2.45, 2.75) is 47.5 Å². The van der Waals surface area contributed by atoms with Gasteiger partial charge >= 0.3 is 6.15 Å². The van der Waals surface area contributed by atoms with E-state index < -0.39 is 5.41 Å². The zero-order chi connectivity index (χ0) is 20.6. The molecule has 6 nitrogen and oxygen atoms in total. The zero-order valence-corrected chi connectivity index (χ0v) is 16.7. The molecule has 2 aromatic rings. The smallest absolute Gasteiger partial charge is 0.373 e. The molecule has 0 unspecified atom stereocenters. The maximum absolute atomic E-state index is 12.4. The molecule has 27 heavy (non-hydrogen) atoms. The molecule has 0 atom stereocenters. The van der Waals surface area contributed by atoms with Gasteiger partial charge in [-0.3, -0.25) is 9.78 Å². The fourth-order valence-electron chi connectivity index (χ4n) is 2.64. The number of aromatic nitrogens is 1. The summed E-state index contributed by atoms with van der Waals surface area (Å²) in [6.07, 6.45) is 1.75. The van der Waals surface area contributed by atoms with Crippen LogP contribution in [0.3, 0.4) is 0 Å². The van der Waals surface area contributed by atoms with Crippen LogP contribution in [0.25, 0.3) is 10.9 Å². The van der Waals surface area contributed by atoms with Gasteiger partial charge in [-0.25, -0.2) is 0 Å². The zero-order valence-electron chi connectivity index (χ0n) is 16.7. The van der Waals surface area contributed by atoms with E-state index in [4.69, 9.17) is 20.1 Å². The molecule has 0 saturated carbocycles. The van der Waals surface area contributed by atoms with Crippen LogP contribution in [-0.4, -0.2) is 23.5 Å². The average molecular weight is 372 g/mol. The second-order valence-corrected chi connectivity index (χ2v) is 7.61. The van der Waals surface area contributed by atoms with Crippen LogP contribution >= 0.6 is 0 Å². The van der Waals surface area contributed by atoms with Crippen molar-refractivity contribution in [3.05, 3.63) is 30.0 Å². The number of nitrogens with zero attached hydrogens (tertiary/aromatic N) is 1. The van der Waals surface area contributed by atoms with Crippen molar-refractivity contribution in [2.24, 2.45) is 11.3 Å². The molecular formula is C21H28N2O4. The third-order valence-corrected chi connectivity index (χ3v) is 4.25. The monoisotopic (exact) mass is 372 g/mol. The highest BCUT2D eigenvalue weighted by molar-refractivity contribution is 5.95. The number of Topliss-reactive ketones (excluding diaryl/α,β-unsaturated/α-hetero) is 1. The molecule has 146 valence electrons. The van der Waals surface area contributed by atoms with Crippen LogP contribution in [0.4, 0.5) is 5.69 Å². The number of fused-ring (bicyclic) bond motifs is 1. The Kier molecular flexibility index (Phi) is 8.13. The van der Waals surface area contributed by atoms with Gasteiger partial charge in [0.15, 0.2) is 0 Å². The molecule has 0 aliphatic carbocycles. The molecule has 2 rings (SSSR count). The lowest BCUT2D eigenvalue weighted by Crippen LogP contribution is -2.31. The summed E-state index contributed by atoms with van der Waals surface area (Å²) in [5, 5.41) is 0.813. The molecular weight excluding hydrogens is 344 g/mol. The lowest BCUT2D eigenvalue weighted by Gasteiger charge is -2.24. The minimum absolute atomic E-state index is 0.235. The van der Waals surface area contributed by atoms with E-state index in [1.807, 2.05) is 45.0 Å². The highest BCUT2D eigenvalue weighted by atomic mass is 16.5. The van der Waals surface area contributed by atoms with E-state index in [-0.39, 0.29) is 11.9 Å². The van der Waals surface area contributed by atoms with Gasteiger partial charge in [-0.15, -0.1) is 0 Å². The molecule has 0 aliphatic heterocycles. The minimum Gasteiger partial charge on any atom is -0.492 e. The van der Waals surface area contributed by atoms with Gasteiger partial charge < -0.3 is 10.5 Å². The maximum atomic E-state index is 12.4. The lowest BCUT2D eigenvalue weighted by atomic mass is 9.85. The van der Waals surface area contributed by atoms with Gasteiger partial charge in [-0.2, -0.15) is 9.59 Å².